The summed E-state index contributed by atoms with van der Waals surface area (Å²) < 4.78 is 29.9. The average Bonchev–Trinajstić information content (AvgIpc) is 2.91. The SMILES string of the molecule is CCOc1cncc(C#Cc2cncc(C(=O)N3CCN(c4ccc(C(=O)NS(C)(=O)=O)cc4)CC3)c2)c1. The van der Waals surface area contributed by atoms with E-state index in [9.17, 15) is 18.0 Å². The number of nitrogens with zero attached hydrogens (tertiary/aromatic N) is 4. The fraction of sp³-hybridized carbons (Fsp3) is 0.259. The fourth-order valence-electron chi connectivity index (χ4n) is 3.90. The van der Waals surface area contributed by atoms with Crippen molar-refractivity contribution in [2.45, 2.75) is 6.92 Å². The van der Waals surface area contributed by atoms with Crippen LogP contribution in [0.25, 0.3) is 0 Å². The zero-order chi connectivity index (χ0) is 27.1. The van der Waals surface area contributed by atoms with Gasteiger partial charge in [-0.05, 0) is 43.3 Å². The van der Waals surface area contributed by atoms with Crippen LogP contribution in [0.5, 0.6) is 5.75 Å². The van der Waals surface area contributed by atoms with Gasteiger partial charge in [-0.3, -0.25) is 19.6 Å². The van der Waals surface area contributed by atoms with Gasteiger partial charge < -0.3 is 14.5 Å². The zero-order valence-electron chi connectivity index (χ0n) is 21.0. The minimum Gasteiger partial charge on any atom is -0.492 e. The number of carbonyl (C=O) groups excluding carboxylic acids is 2. The molecule has 4 rings (SSSR count). The van der Waals surface area contributed by atoms with Gasteiger partial charge in [0.25, 0.3) is 11.8 Å². The summed E-state index contributed by atoms with van der Waals surface area (Å²) in [6.45, 7) is 4.69. The Morgan fingerprint density at radius 1 is 0.921 bits per heavy atom. The molecule has 11 heteroatoms. The number of piperazine rings is 1. The van der Waals surface area contributed by atoms with Gasteiger partial charge >= 0.3 is 0 Å². The molecule has 10 nitrogen and oxygen atoms in total. The van der Waals surface area contributed by atoms with E-state index in [4.69, 9.17) is 4.74 Å². The number of hydrogen-bond donors (Lipinski definition) is 1. The molecule has 2 aromatic heterocycles. The van der Waals surface area contributed by atoms with Crippen molar-refractivity contribution in [2.24, 2.45) is 0 Å². The predicted molar refractivity (Wildman–Crippen MR) is 142 cm³/mol. The van der Waals surface area contributed by atoms with Gasteiger partial charge in [0, 0.05) is 67.1 Å². The number of rotatable bonds is 6. The van der Waals surface area contributed by atoms with E-state index in [1.807, 2.05) is 17.7 Å². The van der Waals surface area contributed by atoms with Crippen molar-refractivity contribution in [1.82, 2.24) is 19.6 Å². The van der Waals surface area contributed by atoms with Crippen LogP contribution in [-0.2, 0) is 10.0 Å². The lowest BCUT2D eigenvalue weighted by molar-refractivity contribution is 0.0746. The molecule has 3 aromatic rings. The van der Waals surface area contributed by atoms with Crippen LogP contribution in [0, 0.1) is 11.8 Å². The Balaban J connectivity index is 1.36. The molecular weight excluding hydrogens is 506 g/mol. The smallest absolute Gasteiger partial charge is 0.264 e. The van der Waals surface area contributed by atoms with E-state index < -0.39 is 15.9 Å². The molecule has 0 saturated carbocycles. The molecule has 1 aliphatic heterocycles. The second-order valence-electron chi connectivity index (χ2n) is 8.58. The first-order chi connectivity index (χ1) is 18.2. The van der Waals surface area contributed by atoms with Crippen LogP contribution in [0.3, 0.4) is 0 Å². The second-order valence-corrected chi connectivity index (χ2v) is 10.3. The Morgan fingerprint density at radius 3 is 2.18 bits per heavy atom. The summed E-state index contributed by atoms with van der Waals surface area (Å²) in [4.78, 5) is 37.3. The van der Waals surface area contributed by atoms with Crippen LogP contribution in [0.2, 0.25) is 0 Å². The number of sulfonamides is 1. The number of hydrogen-bond acceptors (Lipinski definition) is 8. The monoisotopic (exact) mass is 533 g/mol. The molecular formula is C27H27N5O5S. The number of nitrogens with one attached hydrogen (secondary N) is 1. The summed E-state index contributed by atoms with van der Waals surface area (Å²) in [5.74, 6) is 5.92. The third-order valence-corrected chi connectivity index (χ3v) is 6.26. The summed E-state index contributed by atoms with van der Waals surface area (Å²) >= 11 is 0. The quantitative estimate of drug-likeness (QED) is 0.477. The van der Waals surface area contributed by atoms with Crippen LogP contribution < -0.4 is 14.4 Å². The van der Waals surface area contributed by atoms with Crippen molar-refractivity contribution in [3.8, 4) is 17.6 Å². The predicted octanol–water partition coefficient (Wildman–Crippen LogP) is 1.93. The summed E-state index contributed by atoms with van der Waals surface area (Å²) in [7, 11) is -3.63. The molecule has 1 N–H and O–H groups in total. The van der Waals surface area contributed by atoms with E-state index in [2.05, 4.69) is 26.7 Å². The molecule has 0 atom stereocenters. The largest absolute Gasteiger partial charge is 0.492 e. The van der Waals surface area contributed by atoms with Gasteiger partial charge in [0.1, 0.15) is 5.75 Å². The summed E-state index contributed by atoms with van der Waals surface area (Å²) in [5, 5.41) is 0. The van der Waals surface area contributed by atoms with E-state index in [-0.39, 0.29) is 11.5 Å². The Morgan fingerprint density at radius 2 is 1.55 bits per heavy atom. The van der Waals surface area contributed by atoms with Crippen molar-refractivity contribution in [2.75, 3.05) is 43.9 Å². The maximum absolute atomic E-state index is 13.1. The van der Waals surface area contributed by atoms with Gasteiger partial charge in [-0.25, -0.2) is 13.1 Å². The van der Waals surface area contributed by atoms with Crippen LogP contribution in [0.1, 0.15) is 38.8 Å². The van der Waals surface area contributed by atoms with Crippen LogP contribution >= 0.6 is 0 Å². The van der Waals surface area contributed by atoms with Crippen LogP contribution in [0.15, 0.2) is 61.2 Å². The summed E-state index contributed by atoms with van der Waals surface area (Å²) in [6.07, 6.45) is 7.36. The number of anilines is 1. The molecule has 1 aromatic carbocycles. The first kappa shape index (κ1) is 26.6. The molecule has 2 amide bonds. The van der Waals surface area contributed by atoms with Crippen molar-refractivity contribution < 1.29 is 22.7 Å². The summed E-state index contributed by atoms with van der Waals surface area (Å²) in [5.41, 5.74) is 2.92. The number of amides is 2. The minimum atomic E-state index is -3.63. The molecule has 196 valence electrons. The normalized spacial score (nSPS) is 13.3. The van der Waals surface area contributed by atoms with Crippen molar-refractivity contribution in [3.63, 3.8) is 0 Å². The maximum Gasteiger partial charge on any atom is 0.264 e. The highest BCUT2D eigenvalue weighted by Gasteiger charge is 2.23. The number of pyridine rings is 2. The Kier molecular flexibility index (Phi) is 8.23. The Bertz CT molecular complexity index is 1490. The van der Waals surface area contributed by atoms with Crippen molar-refractivity contribution in [1.29, 1.82) is 0 Å². The number of aromatic nitrogens is 2. The highest BCUT2D eigenvalue weighted by Crippen LogP contribution is 2.19. The lowest BCUT2D eigenvalue weighted by Crippen LogP contribution is -2.48. The van der Waals surface area contributed by atoms with Gasteiger partial charge in [0.2, 0.25) is 10.0 Å². The molecule has 1 aliphatic rings. The zero-order valence-corrected chi connectivity index (χ0v) is 21.9. The highest BCUT2D eigenvalue weighted by molar-refractivity contribution is 7.89. The van der Waals surface area contributed by atoms with Gasteiger partial charge in [0.15, 0.2) is 0 Å². The molecule has 0 unspecified atom stereocenters. The van der Waals surface area contributed by atoms with E-state index in [1.165, 1.54) is 6.20 Å². The van der Waals surface area contributed by atoms with Crippen LogP contribution in [-0.4, -0.2) is 74.1 Å². The van der Waals surface area contributed by atoms with Gasteiger partial charge in [-0.1, -0.05) is 11.8 Å². The van der Waals surface area contributed by atoms with Gasteiger partial charge in [-0.15, -0.1) is 0 Å². The first-order valence-electron chi connectivity index (χ1n) is 11.9. The molecule has 38 heavy (non-hydrogen) atoms. The summed E-state index contributed by atoms with van der Waals surface area (Å²) in [6, 6.07) is 10.2. The third kappa shape index (κ3) is 7.08. The lowest BCUT2D eigenvalue weighted by Gasteiger charge is -2.36. The van der Waals surface area contributed by atoms with Crippen molar-refractivity contribution in [3.05, 3.63) is 83.4 Å². The molecule has 0 spiro atoms. The molecule has 0 radical (unpaired) electrons. The standard InChI is InChI=1S/C27H27N5O5S/c1-3-37-25-15-21(17-29-19-25)5-4-20-14-23(18-28-16-20)27(34)32-12-10-31(11-13-32)24-8-6-22(7-9-24)26(33)30-38(2,35)36/h6-9,14-19H,3,10-13H2,1-2H3,(H,30,33). The lowest BCUT2D eigenvalue weighted by atomic mass is 10.1. The van der Waals surface area contributed by atoms with E-state index in [0.29, 0.717) is 55.2 Å². The molecule has 0 bridgehead atoms. The number of ether oxygens (including phenoxy) is 1. The molecule has 3 heterocycles. The topological polar surface area (TPSA) is 122 Å². The molecule has 1 saturated heterocycles. The van der Waals surface area contributed by atoms with Gasteiger partial charge in [0.05, 0.1) is 24.6 Å². The molecule has 0 aliphatic carbocycles. The number of benzene rings is 1. The van der Waals surface area contributed by atoms with E-state index in [0.717, 1.165) is 11.9 Å². The first-order valence-corrected chi connectivity index (χ1v) is 13.8. The number of carbonyl (C=O) groups is 2. The fourth-order valence-corrected chi connectivity index (χ4v) is 4.36. The average molecular weight is 534 g/mol. The van der Waals surface area contributed by atoms with E-state index >= 15 is 0 Å². The van der Waals surface area contributed by atoms with Gasteiger partial charge in [-0.2, -0.15) is 0 Å². The third-order valence-electron chi connectivity index (χ3n) is 5.70. The maximum atomic E-state index is 13.1. The molecule has 1 fully saturated rings. The highest BCUT2D eigenvalue weighted by atomic mass is 32.2. The van der Waals surface area contributed by atoms with E-state index in [1.54, 1.807) is 53.8 Å². The second kappa shape index (κ2) is 11.7. The van der Waals surface area contributed by atoms with Crippen LogP contribution in [0.4, 0.5) is 5.69 Å². The Labute approximate surface area is 221 Å². The minimum absolute atomic E-state index is 0.117. The van der Waals surface area contributed by atoms with Crippen molar-refractivity contribution >= 4 is 27.5 Å². The Hall–Kier alpha value is -4.43.